The Hall–Kier alpha value is -3.34. The van der Waals surface area contributed by atoms with Crippen LogP contribution in [0.4, 0.5) is 4.79 Å². The van der Waals surface area contributed by atoms with Crippen molar-refractivity contribution in [3.8, 4) is 0 Å². The van der Waals surface area contributed by atoms with Gasteiger partial charge in [-0.15, -0.1) is 10.2 Å². The van der Waals surface area contributed by atoms with E-state index in [9.17, 15) is 14.4 Å². The summed E-state index contributed by atoms with van der Waals surface area (Å²) in [5.41, 5.74) is 0.765. The minimum Gasteiger partial charge on any atom is -0.481 e. The Morgan fingerprint density at radius 2 is 1.97 bits per heavy atom. The highest BCUT2D eigenvalue weighted by molar-refractivity contribution is 5.90. The average Bonchev–Trinajstić information content (AvgIpc) is 3.12. The maximum Gasteiger partial charge on any atom is 0.408 e. The van der Waals surface area contributed by atoms with Crippen molar-refractivity contribution >= 4 is 17.8 Å². The lowest BCUT2D eigenvalue weighted by Crippen LogP contribution is -2.44. The number of ether oxygens (including phenoxy) is 1. The lowest BCUT2D eigenvalue weighted by molar-refractivity contribution is -0.139. The number of benzene rings is 1. The molecule has 1 aromatic carbocycles. The topological polar surface area (TPSA) is 140 Å². The van der Waals surface area contributed by atoms with Crippen molar-refractivity contribution in [1.82, 2.24) is 30.4 Å². The second-order valence-electron chi connectivity index (χ2n) is 6.61. The van der Waals surface area contributed by atoms with Crippen LogP contribution < -0.4 is 5.32 Å². The third kappa shape index (κ3) is 8.05. The van der Waals surface area contributed by atoms with Crippen LogP contribution in [0.25, 0.3) is 0 Å². The van der Waals surface area contributed by atoms with E-state index in [1.165, 1.54) is 0 Å². The van der Waals surface area contributed by atoms with Crippen LogP contribution in [0.2, 0.25) is 0 Å². The highest BCUT2D eigenvalue weighted by Gasteiger charge is 2.25. The Balaban J connectivity index is 1.91. The van der Waals surface area contributed by atoms with Crippen LogP contribution in [-0.2, 0) is 33.9 Å². The van der Waals surface area contributed by atoms with Crippen LogP contribution in [-0.4, -0.2) is 74.7 Å². The number of carboxylic acids is 1. The van der Waals surface area contributed by atoms with Gasteiger partial charge in [-0.2, -0.15) is 4.80 Å². The van der Waals surface area contributed by atoms with Gasteiger partial charge in [-0.1, -0.05) is 30.3 Å². The Morgan fingerprint density at radius 1 is 1.24 bits per heavy atom. The maximum absolute atomic E-state index is 12.5. The Labute approximate surface area is 167 Å². The van der Waals surface area contributed by atoms with Crippen molar-refractivity contribution in [3.05, 3.63) is 41.7 Å². The number of carbonyl (C=O) groups is 3. The molecule has 0 saturated carbocycles. The Morgan fingerprint density at radius 3 is 2.62 bits per heavy atom. The predicted octanol–water partition coefficient (Wildman–Crippen LogP) is 0.116. The van der Waals surface area contributed by atoms with Crippen molar-refractivity contribution in [2.45, 2.75) is 32.0 Å². The first-order valence-electron chi connectivity index (χ1n) is 8.96. The molecule has 1 amide bonds. The van der Waals surface area contributed by atoms with Crippen LogP contribution >= 0.6 is 0 Å². The number of hydrogen-bond acceptors (Lipinski definition) is 8. The van der Waals surface area contributed by atoms with Gasteiger partial charge in [-0.3, -0.25) is 9.59 Å². The zero-order valence-corrected chi connectivity index (χ0v) is 16.3. The molecule has 0 fully saturated rings. The quantitative estimate of drug-likeness (QED) is 0.534. The van der Waals surface area contributed by atoms with Crippen LogP contribution in [0.5, 0.6) is 0 Å². The van der Waals surface area contributed by atoms with Crippen molar-refractivity contribution < 1.29 is 24.2 Å². The largest absolute Gasteiger partial charge is 0.481 e. The molecule has 29 heavy (non-hydrogen) atoms. The van der Waals surface area contributed by atoms with E-state index in [0.717, 1.165) is 16.9 Å². The number of carboxylic acid groups (broad SMARTS) is 1. The molecule has 156 valence electrons. The minimum atomic E-state index is -1.27. The molecule has 11 heteroatoms. The van der Waals surface area contributed by atoms with E-state index in [1.807, 2.05) is 25.1 Å². The lowest BCUT2D eigenvalue weighted by atomic mass is 10.1. The molecule has 1 atom stereocenters. The number of aliphatic carboxylic acids is 1. The highest BCUT2D eigenvalue weighted by Crippen LogP contribution is 2.03. The molecule has 2 N–H and O–H groups in total. The van der Waals surface area contributed by atoms with E-state index in [0.29, 0.717) is 12.2 Å². The van der Waals surface area contributed by atoms with Gasteiger partial charge in [0.1, 0.15) is 19.2 Å². The summed E-state index contributed by atoms with van der Waals surface area (Å²) in [7, 11) is 3.82. The minimum absolute atomic E-state index is 0.000518. The molecule has 1 heterocycles. The number of hydrogen-bond donors (Lipinski definition) is 2. The Kier molecular flexibility index (Phi) is 8.22. The fourth-order valence-electron chi connectivity index (χ4n) is 2.34. The molecule has 2 aromatic rings. The number of tetrazole rings is 1. The molecule has 0 aliphatic rings. The third-order valence-corrected chi connectivity index (χ3v) is 3.85. The second-order valence-corrected chi connectivity index (χ2v) is 6.61. The zero-order valence-electron chi connectivity index (χ0n) is 16.3. The maximum atomic E-state index is 12.5. The van der Waals surface area contributed by atoms with Gasteiger partial charge in [0.2, 0.25) is 0 Å². The van der Waals surface area contributed by atoms with Gasteiger partial charge >= 0.3 is 12.1 Å². The van der Waals surface area contributed by atoms with Crippen molar-refractivity contribution in [1.29, 1.82) is 0 Å². The molecular formula is C18H24N6O5. The second kappa shape index (κ2) is 10.9. The first-order valence-corrected chi connectivity index (χ1v) is 8.96. The molecule has 0 spiro atoms. The summed E-state index contributed by atoms with van der Waals surface area (Å²) in [6, 6.07) is 7.70. The Bertz CT molecular complexity index is 823. The number of Topliss-reactive ketones (excluding diaryl/α,β-unsaturated/α-hetero) is 1. The third-order valence-electron chi connectivity index (χ3n) is 3.85. The van der Waals surface area contributed by atoms with Gasteiger partial charge in [0.15, 0.2) is 11.6 Å². The first-order chi connectivity index (χ1) is 13.8. The number of amides is 1. The summed E-state index contributed by atoms with van der Waals surface area (Å²) in [5, 5.41) is 23.1. The molecule has 0 aliphatic carbocycles. The van der Waals surface area contributed by atoms with Crippen molar-refractivity contribution in [2.75, 3.05) is 20.6 Å². The van der Waals surface area contributed by atoms with Crippen molar-refractivity contribution in [3.63, 3.8) is 0 Å². The number of alkyl carbamates (subject to hydrolysis) is 1. The summed E-state index contributed by atoms with van der Waals surface area (Å²) < 4.78 is 5.05. The average molecular weight is 404 g/mol. The number of aromatic nitrogens is 4. The van der Waals surface area contributed by atoms with Gasteiger partial charge in [0.25, 0.3) is 0 Å². The molecule has 1 unspecified atom stereocenters. The number of nitrogens with one attached hydrogen (secondary N) is 1. The summed E-state index contributed by atoms with van der Waals surface area (Å²) in [6.07, 6.45) is -0.905. The number of ketones is 1. The standard InChI is InChI=1S/C18H24N6O5/c1-23(2)9-8-16-20-22-24(21-16)11-15(25)14(10-17(26)27)19-18(28)29-12-13-6-4-3-5-7-13/h3-7,14H,8-12H2,1-2H3,(H,19,28)(H,26,27). The summed E-state index contributed by atoms with van der Waals surface area (Å²) in [6.45, 7) is 0.405. The predicted molar refractivity (Wildman–Crippen MR) is 101 cm³/mol. The summed E-state index contributed by atoms with van der Waals surface area (Å²) in [4.78, 5) is 38.6. The molecular weight excluding hydrogens is 380 g/mol. The van der Waals surface area contributed by atoms with Gasteiger partial charge in [0, 0.05) is 13.0 Å². The van der Waals surface area contributed by atoms with Crippen LogP contribution in [0.3, 0.4) is 0 Å². The van der Waals surface area contributed by atoms with E-state index in [1.54, 1.807) is 24.3 Å². The molecule has 1 aromatic heterocycles. The zero-order chi connectivity index (χ0) is 21.2. The SMILES string of the molecule is CN(C)CCc1nnn(CC(=O)C(CC(=O)O)NC(=O)OCc2ccccc2)n1. The summed E-state index contributed by atoms with van der Waals surface area (Å²) >= 11 is 0. The number of rotatable bonds is 11. The molecule has 0 aliphatic heterocycles. The fourth-order valence-corrected chi connectivity index (χ4v) is 2.34. The van der Waals surface area contributed by atoms with E-state index >= 15 is 0 Å². The lowest BCUT2D eigenvalue weighted by Gasteiger charge is -2.15. The van der Waals surface area contributed by atoms with Crippen LogP contribution in [0.15, 0.2) is 30.3 Å². The van der Waals surface area contributed by atoms with Crippen LogP contribution in [0.1, 0.15) is 17.8 Å². The molecule has 0 bridgehead atoms. The smallest absolute Gasteiger partial charge is 0.408 e. The van der Waals surface area contributed by atoms with Gasteiger partial charge in [-0.25, -0.2) is 4.79 Å². The molecule has 0 saturated heterocycles. The van der Waals surface area contributed by atoms with Gasteiger partial charge in [-0.05, 0) is 24.9 Å². The fraction of sp³-hybridized carbons (Fsp3) is 0.444. The van der Waals surface area contributed by atoms with Gasteiger partial charge < -0.3 is 20.1 Å². The number of nitrogens with zero attached hydrogens (tertiary/aromatic N) is 5. The van der Waals surface area contributed by atoms with E-state index in [-0.39, 0.29) is 13.2 Å². The number of carbonyl (C=O) groups excluding carboxylic acids is 2. The number of likely N-dealkylation sites (N-methyl/N-ethyl adjacent to an activating group) is 1. The summed E-state index contributed by atoms with van der Waals surface area (Å²) in [5.74, 6) is -1.33. The van der Waals surface area contributed by atoms with E-state index in [2.05, 4.69) is 20.7 Å². The molecule has 11 nitrogen and oxygen atoms in total. The molecule has 0 radical (unpaired) electrons. The van der Waals surface area contributed by atoms with Crippen molar-refractivity contribution in [2.24, 2.45) is 0 Å². The monoisotopic (exact) mass is 404 g/mol. The first kappa shape index (κ1) is 22.0. The van der Waals surface area contributed by atoms with Gasteiger partial charge in [0.05, 0.1) is 6.42 Å². The van der Waals surface area contributed by atoms with E-state index in [4.69, 9.17) is 9.84 Å². The normalized spacial score (nSPS) is 11.8. The molecule has 2 rings (SSSR count). The highest BCUT2D eigenvalue weighted by atomic mass is 16.5. The van der Waals surface area contributed by atoms with E-state index < -0.39 is 30.3 Å². The van der Waals surface area contributed by atoms with Crippen LogP contribution in [0, 0.1) is 0 Å².